The van der Waals surface area contributed by atoms with Crippen LogP contribution in [0.3, 0.4) is 0 Å². The SMILES string of the molecule is CCCCCCCCC(C)(C(=O)O)C(=O)OC. The van der Waals surface area contributed by atoms with Crippen LogP contribution in [0.4, 0.5) is 0 Å². The van der Waals surface area contributed by atoms with Crippen molar-refractivity contribution in [3.63, 3.8) is 0 Å². The zero-order chi connectivity index (χ0) is 13.3. The Morgan fingerprint density at radius 2 is 1.65 bits per heavy atom. The first-order valence-electron chi connectivity index (χ1n) is 6.30. The number of esters is 1. The van der Waals surface area contributed by atoms with Crippen LogP contribution in [0.1, 0.15) is 58.8 Å². The van der Waals surface area contributed by atoms with E-state index < -0.39 is 17.4 Å². The predicted octanol–water partition coefficient (Wildman–Crippen LogP) is 3.00. The fourth-order valence-corrected chi connectivity index (χ4v) is 1.78. The summed E-state index contributed by atoms with van der Waals surface area (Å²) in [7, 11) is 1.23. The number of hydrogen-bond donors (Lipinski definition) is 1. The van der Waals surface area contributed by atoms with E-state index in [1.54, 1.807) is 0 Å². The molecular formula is C13H24O4. The molecule has 0 fully saturated rings. The molecule has 4 heteroatoms. The molecule has 0 saturated heterocycles. The molecule has 0 spiro atoms. The Kier molecular flexibility index (Phi) is 7.59. The predicted molar refractivity (Wildman–Crippen MR) is 65.8 cm³/mol. The van der Waals surface area contributed by atoms with E-state index in [0.717, 1.165) is 19.3 Å². The van der Waals surface area contributed by atoms with Gasteiger partial charge >= 0.3 is 11.9 Å². The molecule has 0 aromatic carbocycles. The number of hydrogen-bond acceptors (Lipinski definition) is 3. The highest BCUT2D eigenvalue weighted by atomic mass is 16.5. The number of carbonyl (C=O) groups is 2. The molecule has 0 heterocycles. The molecule has 1 N–H and O–H groups in total. The summed E-state index contributed by atoms with van der Waals surface area (Å²) in [6, 6.07) is 0. The van der Waals surface area contributed by atoms with Crippen LogP contribution in [0.15, 0.2) is 0 Å². The van der Waals surface area contributed by atoms with Crippen molar-refractivity contribution in [1.29, 1.82) is 0 Å². The molecule has 0 aromatic rings. The molecule has 0 amide bonds. The Balaban J connectivity index is 4.03. The fourth-order valence-electron chi connectivity index (χ4n) is 1.78. The first-order chi connectivity index (χ1) is 7.99. The number of rotatable bonds is 9. The second-order valence-corrected chi connectivity index (χ2v) is 4.65. The number of unbranched alkanes of at least 4 members (excludes halogenated alkanes) is 5. The number of aliphatic carboxylic acids is 1. The maximum atomic E-state index is 11.4. The quantitative estimate of drug-likeness (QED) is 0.385. The topological polar surface area (TPSA) is 63.6 Å². The maximum Gasteiger partial charge on any atom is 0.322 e. The lowest BCUT2D eigenvalue weighted by Gasteiger charge is -2.21. The number of methoxy groups -OCH3 is 1. The van der Waals surface area contributed by atoms with Gasteiger partial charge in [0.1, 0.15) is 0 Å². The van der Waals surface area contributed by atoms with Crippen LogP contribution in [0.25, 0.3) is 0 Å². The third kappa shape index (κ3) is 5.20. The van der Waals surface area contributed by atoms with E-state index in [1.807, 2.05) is 0 Å². The van der Waals surface area contributed by atoms with Gasteiger partial charge in [0.15, 0.2) is 5.41 Å². The van der Waals surface area contributed by atoms with Crippen molar-refractivity contribution < 1.29 is 19.4 Å². The second kappa shape index (κ2) is 8.09. The van der Waals surface area contributed by atoms with Crippen LogP contribution in [0.5, 0.6) is 0 Å². The van der Waals surface area contributed by atoms with Crippen molar-refractivity contribution in [3.05, 3.63) is 0 Å². The smallest absolute Gasteiger partial charge is 0.322 e. The molecule has 0 aromatic heterocycles. The van der Waals surface area contributed by atoms with Crippen molar-refractivity contribution in [2.24, 2.45) is 5.41 Å². The molecule has 1 unspecified atom stereocenters. The maximum absolute atomic E-state index is 11.4. The highest BCUT2D eigenvalue weighted by Gasteiger charge is 2.41. The van der Waals surface area contributed by atoms with Gasteiger partial charge in [-0.2, -0.15) is 0 Å². The molecule has 17 heavy (non-hydrogen) atoms. The highest BCUT2D eigenvalue weighted by Crippen LogP contribution is 2.26. The fraction of sp³-hybridized carbons (Fsp3) is 0.846. The normalized spacial score (nSPS) is 14.1. The monoisotopic (exact) mass is 244 g/mol. The highest BCUT2D eigenvalue weighted by molar-refractivity contribution is 5.98. The van der Waals surface area contributed by atoms with Crippen molar-refractivity contribution in [1.82, 2.24) is 0 Å². The third-order valence-electron chi connectivity index (χ3n) is 3.14. The summed E-state index contributed by atoms with van der Waals surface area (Å²) in [5.74, 6) is -1.75. The molecule has 0 radical (unpaired) electrons. The van der Waals surface area contributed by atoms with Crippen LogP contribution >= 0.6 is 0 Å². The Hall–Kier alpha value is -1.06. The number of carboxylic acid groups (broad SMARTS) is 1. The molecule has 0 aliphatic carbocycles. The van der Waals surface area contributed by atoms with Crippen molar-refractivity contribution in [2.45, 2.75) is 58.8 Å². The van der Waals surface area contributed by atoms with E-state index >= 15 is 0 Å². The van der Waals surface area contributed by atoms with Crippen LogP contribution in [0.2, 0.25) is 0 Å². The van der Waals surface area contributed by atoms with E-state index in [2.05, 4.69) is 11.7 Å². The largest absolute Gasteiger partial charge is 0.480 e. The van der Waals surface area contributed by atoms with Gasteiger partial charge in [0.2, 0.25) is 0 Å². The van der Waals surface area contributed by atoms with Gasteiger partial charge in [0.05, 0.1) is 7.11 Å². The minimum absolute atomic E-state index is 0.348. The Bertz CT molecular complexity index is 250. The van der Waals surface area contributed by atoms with Gasteiger partial charge < -0.3 is 9.84 Å². The van der Waals surface area contributed by atoms with Gasteiger partial charge in [-0.25, -0.2) is 0 Å². The van der Waals surface area contributed by atoms with Crippen LogP contribution in [-0.2, 0) is 14.3 Å². The molecule has 0 aliphatic heterocycles. The van der Waals surface area contributed by atoms with Gasteiger partial charge in [-0.1, -0.05) is 45.4 Å². The van der Waals surface area contributed by atoms with Gasteiger partial charge in [-0.05, 0) is 13.3 Å². The molecule has 0 bridgehead atoms. The summed E-state index contributed by atoms with van der Waals surface area (Å²) in [5, 5.41) is 9.07. The van der Waals surface area contributed by atoms with Crippen molar-refractivity contribution in [2.75, 3.05) is 7.11 Å². The molecule has 0 aliphatic rings. The zero-order valence-electron chi connectivity index (χ0n) is 11.1. The lowest BCUT2D eigenvalue weighted by Crippen LogP contribution is -2.37. The average molecular weight is 244 g/mol. The number of carbonyl (C=O) groups excluding carboxylic acids is 1. The standard InChI is InChI=1S/C13H24O4/c1-4-5-6-7-8-9-10-13(2,11(14)15)12(16)17-3/h4-10H2,1-3H3,(H,14,15). The molecule has 0 saturated carbocycles. The number of carboxylic acids is 1. The lowest BCUT2D eigenvalue weighted by atomic mass is 9.84. The minimum atomic E-state index is -1.39. The average Bonchev–Trinajstić information content (AvgIpc) is 2.31. The summed E-state index contributed by atoms with van der Waals surface area (Å²) >= 11 is 0. The lowest BCUT2D eigenvalue weighted by molar-refractivity contribution is -0.166. The van der Waals surface area contributed by atoms with Crippen LogP contribution in [0, 0.1) is 5.41 Å². The first kappa shape index (κ1) is 15.9. The van der Waals surface area contributed by atoms with Gasteiger partial charge in [-0.15, -0.1) is 0 Å². The van der Waals surface area contributed by atoms with Gasteiger partial charge in [0, 0.05) is 0 Å². The van der Waals surface area contributed by atoms with Gasteiger partial charge in [0.25, 0.3) is 0 Å². The Morgan fingerprint density at radius 1 is 1.12 bits per heavy atom. The molecular weight excluding hydrogens is 220 g/mol. The van der Waals surface area contributed by atoms with E-state index in [1.165, 1.54) is 33.3 Å². The first-order valence-corrected chi connectivity index (χ1v) is 6.30. The summed E-state index contributed by atoms with van der Waals surface area (Å²) in [4.78, 5) is 22.5. The second-order valence-electron chi connectivity index (χ2n) is 4.65. The van der Waals surface area contributed by atoms with E-state index in [0.29, 0.717) is 6.42 Å². The van der Waals surface area contributed by atoms with Crippen molar-refractivity contribution in [3.8, 4) is 0 Å². The number of ether oxygens (including phenoxy) is 1. The van der Waals surface area contributed by atoms with Gasteiger partial charge in [-0.3, -0.25) is 9.59 Å². The molecule has 4 nitrogen and oxygen atoms in total. The summed E-state index contributed by atoms with van der Waals surface area (Å²) in [6.45, 7) is 3.59. The van der Waals surface area contributed by atoms with Crippen LogP contribution < -0.4 is 0 Å². The van der Waals surface area contributed by atoms with E-state index in [4.69, 9.17) is 5.11 Å². The summed E-state index contributed by atoms with van der Waals surface area (Å²) in [5.41, 5.74) is -1.39. The minimum Gasteiger partial charge on any atom is -0.480 e. The molecule has 100 valence electrons. The molecule has 0 rings (SSSR count). The van der Waals surface area contributed by atoms with E-state index in [9.17, 15) is 9.59 Å². The van der Waals surface area contributed by atoms with Crippen LogP contribution in [-0.4, -0.2) is 24.2 Å². The third-order valence-corrected chi connectivity index (χ3v) is 3.14. The van der Waals surface area contributed by atoms with E-state index in [-0.39, 0.29) is 0 Å². The van der Waals surface area contributed by atoms with Crippen molar-refractivity contribution >= 4 is 11.9 Å². The molecule has 1 atom stereocenters. The summed E-state index contributed by atoms with van der Waals surface area (Å²) < 4.78 is 4.55. The Morgan fingerprint density at radius 3 is 2.12 bits per heavy atom. The summed E-state index contributed by atoms with van der Waals surface area (Å²) in [6.07, 6.45) is 6.76. The zero-order valence-corrected chi connectivity index (χ0v) is 11.1. The Labute approximate surface area is 103 Å².